The van der Waals surface area contributed by atoms with Gasteiger partial charge in [0.2, 0.25) is 21.8 Å². The van der Waals surface area contributed by atoms with Gasteiger partial charge in [-0.25, -0.2) is 12.7 Å². The first-order valence-electron chi connectivity index (χ1n) is 8.54. The van der Waals surface area contributed by atoms with E-state index in [9.17, 15) is 18.0 Å². The average molecular weight is 367 g/mol. The van der Waals surface area contributed by atoms with Gasteiger partial charge in [-0.1, -0.05) is 13.0 Å². The highest BCUT2D eigenvalue weighted by Crippen LogP contribution is 2.22. The molecular weight excluding hydrogens is 342 g/mol. The Labute approximate surface area is 148 Å². The van der Waals surface area contributed by atoms with Gasteiger partial charge in [0.05, 0.1) is 5.75 Å². The predicted octanol–water partition coefficient (Wildman–Crippen LogP) is 2.04. The Kier molecular flexibility index (Phi) is 6.55. The van der Waals surface area contributed by atoms with Gasteiger partial charge in [0, 0.05) is 36.8 Å². The number of rotatable bonds is 6. The van der Waals surface area contributed by atoms with Crippen molar-refractivity contribution in [1.29, 1.82) is 0 Å². The summed E-state index contributed by atoms with van der Waals surface area (Å²) in [7, 11) is -3.19. The molecule has 0 bridgehead atoms. The van der Waals surface area contributed by atoms with E-state index in [1.165, 1.54) is 4.31 Å². The van der Waals surface area contributed by atoms with Crippen molar-refractivity contribution in [1.82, 2.24) is 4.31 Å². The van der Waals surface area contributed by atoms with Crippen LogP contribution in [-0.2, 0) is 19.6 Å². The van der Waals surface area contributed by atoms with E-state index in [2.05, 4.69) is 10.6 Å². The molecule has 2 rings (SSSR count). The Balaban J connectivity index is 1.93. The van der Waals surface area contributed by atoms with E-state index in [-0.39, 0.29) is 23.5 Å². The van der Waals surface area contributed by atoms with Crippen LogP contribution in [0.3, 0.4) is 0 Å². The quantitative estimate of drug-likeness (QED) is 0.804. The highest BCUT2D eigenvalue weighted by molar-refractivity contribution is 7.89. The van der Waals surface area contributed by atoms with E-state index < -0.39 is 10.0 Å². The Morgan fingerprint density at radius 1 is 1.12 bits per heavy atom. The van der Waals surface area contributed by atoms with Crippen LogP contribution in [0, 0.1) is 5.92 Å². The lowest BCUT2D eigenvalue weighted by Gasteiger charge is -2.30. The van der Waals surface area contributed by atoms with Crippen LogP contribution in [0.15, 0.2) is 24.3 Å². The largest absolute Gasteiger partial charge is 0.326 e. The van der Waals surface area contributed by atoms with Crippen LogP contribution in [-0.4, -0.2) is 43.4 Å². The van der Waals surface area contributed by atoms with Crippen LogP contribution in [0.2, 0.25) is 0 Å². The molecule has 8 heteroatoms. The molecule has 0 aromatic heterocycles. The zero-order chi connectivity index (χ0) is 18.4. The Morgan fingerprint density at radius 3 is 2.28 bits per heavy atom. The van der Waals surface area contributed by atoms with E-state index in [1.54, 1.807) is 38.1 Å². The summed E-state index contributed by atoms with van der Waals surface area (Å²) >= 11 is 0. The monoisotopic (exact) mass is 367 g/mol. The van der Waals surface area contributed by atoms with Crippen molar-refractivity contribution in [3.8, 4) is 0 Å². The van der Waals surface area contributed by atoms with Crippen molar-refractivity contribution in [2.24, 2.45) is 5.92 Å². The number of benzene rings is 1. The SMILES string of the molecule is CCC(=O)Nc1cccc(NC(=O)C2CCN(S(=O)(=O)CC)CC2)c1. The fourth-order valence-corrected chi connectivity index (χ4v) is 3.88. The number of hydrogen-bond acceptors (Lipinski definition) is 4. The number of anilines is 2. The van der Waals surface area contributed by atoms with Gasteiger partial charge in [0.25, 0.3) is 0 Å². The van der Waals surface area contributed by atoms with Crippen LogP contribution in [0.4, 0.5) is 11.4 Å². The van der Waals surface area contributed by atoms with Crippen LogP contribution >= 0.6 is 0 Å². The Morgan fingerprint density at radius 2 is 1.72 bits per heavy atom. The lowest BCUT2D eigenvalue weighted by Crippen LogP contribution is -2.42. The number of nitrogens with zero attached hydrogens (tertiary/aromatic N) is 1. The van der Waals surface area contributed by atoms with Crippen molar-refractivity contribution in [3.05, 3.63) is 24.3 Å². The smallest absolute Gasteiger partial charge is 0.227 e. The molecule has 1 fully saturated rings. The number of hydrogen-bond donors (Lipinski definition) is 2. The molecule has 1 aromatic carbocycles. The van der Waals surface area contributed by atoms with Crippen LogP contribution in [0.5, 0.6) is 0 Å². The molecule has 1 aromatic rings. The molecule has 0 atom stereocenters. The molecule has 2 N–H and O–H groups in total. The van der Waals surface area contributed by atoms with Gasteiger partial charge in [-0.3, -0.25) is 9.59 Å². The first-order chi connectivity index (χ1) is 11.9. The molecule has 1 aliphatic rings. The summed E-state index contributed by atoms with van der Waals surface area (Å²) in [5.41, 5.74) is 1.25. The summed E-state index contributed by atoms with van der Waals surface area (Å²) in [5, 5.41) is 5.60. The summed E-state index contributed by atoms with van der Waals surface area (Å²) in [6, 6.07) is 6.99. The second-order valence-electron chi connectivity index (χ2n) is 6.05. The molecule has 7 nitrogen and oxygen atoms in total. The fourth-order valence-electron chi connectivity index (χ4n) is 2.75. The first kappa shape index (κ1) is 19.4. The van der Waals surface area contributed by atoms with Crippen molar-refractivity contribution >= 4 is 33.2 Å². The van der Waals surface area contributed by atoms with Crippen molar-refractivity contribution in [3.63, 3.8) is 0 Å². The number of carbonyl (C=O) groups excluding carboxylic acids is 2. The molecule has 25 heavy (non-hydrogen) atoms. The van der Waals surface area contributed by atoms with Crippen LogP contribution in [0.1, 0.15) is 33.1 Å². The van der Waals surface area contributed by atoms with Gasteiger partial charge in [-0.2, -0.15) is 0 Å². The summed E-state index contributed by atoms with van der Waals surface area (Å²) in [6.45, 7) is 4.15. The molecule has 0 spiro atoms. The van der Waals surface area contributed by atoms with Crippen molar-refractivity contribution < 1.29 is 18.0 Å². The average Bonchev–Trinajstić information content (AvgIpc) is 2.62. The zero-order valence-electron chi connectivity index (χ0n) is 14.6. The molecule has 1 heterocycles. The van der Waals surface area contributed by atoms with Gasteiger partial charge in [-0.15, -0.1) is 0 Å². The minimum Gasteiger partial charge on any atom is -0.326 e. The molecule has 0 radical (unpaired) electrons. The highest BCUT2D eigenvalue weighted by atomic mass is 32.2. The normalized spacial score (nSPS) is 16.4. The molecule has 0 unspecified atom stereocenters. The maximum Gasteiger partial charge on any atom is 0.227 e. The Hall–Kier alpha value is -1.93. The minimum atomic E-state index is -3.19. The second kappa shape index (κ2) is 8.44. The molecule has 2 amide bonds. The van der Waals surface area contributed by atoms with E-state index in [0.29, 0.717) is 43.7 Å². The van der Waals surface area contributed by atoms with E-state index in [0.717, 1.165) is 0 Å². The summed E-state index contributed by atoms with van der Waals surface area (Å²) in [6.07, 6.45) is 1.41. The number of amides is 2. The van der Waals surface area contributed by atoms with E-state index in [1.807, 2.05) is 0 Å². The summed E-state index contributed by atoms with van der Waals surface area (Å²) in [4.78, 5) is 23.9. The molecule has 0 saturated carbocycles. The number of piperidine rings is 1. The molecule has 138 valence electrons. The molecule has 1 saturated heterocycles. The number of carbonyl (C=O) groups is 2. The summed E-state index contributed by atoms with van der Waals surface area (Å²) in [5.74, 6) is -0.335. The van der Waals surface area contributed by atoms with Gasteiger partial charge in [0.15, 0.2) is 0 Å². The predicted molar refractivity (Wildman–Crippen MR) is 97.8 cm³/mol. The molecular formula is C17H25N3O4S. The second-order valence-corrected chi connectivity index (χ2v) is 8.30. The van der Waals surface area contributed by atoms with Crippen LogP contribution < -0.4 is 10.6 Å². The topological polar surface area (TPSA) is 95.6 Å². The summed E-state index contributed by atoms with van der Waals surface area (Å²) < 4.78 is 25.2. The molecule has 0 aliphatic carbocycles. The zero-order valence-corrected chi connectivity index (χ0v) is 15.4. The number of nitrogens with one attached hydrogen (secondary N) is 2. The van der Waals surface area contributed by atoms with Gasteiger partial charge in [0.1, 0.15) is 0 Å². The molecule has 1 aliphatic heterocycles. The third-order valence-electron chi connectivity index (χ3n) is 4.32. The van der Waals surface area contributed by atoms with Crippen molar-refractivity contribution in [2.45, 2.75) is 33.1 Å². The fraction of sp³-hybridized carbons (Fsp3) is 0.529. The van der Waals surface area contributed by atoms with E-state index >= 15 is 0 Å². The lowest BCUT2D eigenvalue weighted by atomic mass is 9.97. The minimum absolute atomic E-state index is 0.0835. The first-order valence-corrected chi connectivity index (χ1v) is 10.1. The van der Waals surface area contributed by atoms with Crippen molar-refractivity contribution in [2.75, 3.05) is 29.5 Å². The van der Waals surface area contributed by atoms with Gasteiger partial charge < -0.3 is 10.6 Å². The van der Waals surface area contributed by atoms with Crippen LogP contribution in [0.25, 0.3) is 0 Å². The third kappa shape index (κ3) is 5.27. The maximum atomic E-state index is 12.4. The highest BCUT2D eigenvalue weighted by Gasteiger charge is 2.30. The Bertz CT molecular complexity index is 725. The van der Waals surface area contributed by atoms with E-state index in [4.69, 9.17) is 0 Å². The number of sulfonamides is 1. The third-order valence-corrected chi connectivity index (χ3v) is 6.20. The standard InChI is InChI=1S/C17H25N3O4S/c1-3-16(21)18-14-6-5-7-15(12-14)19-17(22)13-8-10-20(11-9-13)25(23,24)4-2/h5-7,12-13H,3-4,8-11H2,1-2H3,(H,18,21)(H,19,22). The maximum absolute atomic E-state index is 12.4. The van der Waals surface area contributed by atoms with Gasteiger partial charge in [-0.05, 0) is 38.0 Å². The van der Waals surface area contributed by atoms with Gasteiger partial charge >= 0.3 is 0 Å². The lowest BCUT2D eigenvalue weighted by molar-refractivity contribution is -0.121.